The summed E-state index contributed by atoms with van der Waals surface area (Å²) in [5.41, 5.74) is 3.62. The van der Waals surface area contributed by atoms with E-state index in [4.69, 9.17) is 4.74 Å². The van der Waals surface area contributed by atoms with Gasteiger partial charge in [0.25, 0.3) is 0 Å². The highest BCUT2D eigenvalue weighted by Gasteiger charge is 2.66. The Morgan fingerprint density at radius 3 is 2.29 bits per heavy atom. The Labute approximate surface area is 230 Å². The maximum Gasteiger partial charge on any atom is 0.306 e. The molecule has 4 aliphatic carbocycles. The molecule has 4 rings (SSSR count). The van der Waals surface area contributed by atoms with Crippen molar-refractivity contribution in [3.63, 3.8) is 0 Å². The van der Waals surface area contributed by atoms with Crippen molar-refractivity contribution in [1.82, 2.24) is 0 Å². The van der Waals surface area contributed by atoms with Crippen LogP contribution in [0.3, 0.4) is 0 Å². The largest absolute Gasteiger partial charge is 0.481 e. The first-order valence-corrected chi connectivity index (χ1v) is 15.0. The van der Waals surface area contributed by atoms with Crippen molar-refractivity contribution >= 4 is 11.9 Å². The second-order valence-electron chi connectivity index (χ2n) is 14.8. The van der Waals surface area contributed by atoms with Gasteiger partial charge in [0, 0.05) is 18.3 Å². The van der Waals surface area contributed by atoms with E-state index >= 15 is 0 Å². The zero-order chi connectivity index (χ0) is 28.4. The molecule has 38 heavy (non-hydrogen) atoms. The van der Waals surface area contributed by atoms with Crippen LogP contribution in [0.25, 0.3) is 0 Å². The molecule has 0 aliphatic heterocycles. The lowest BCUT2D eigenvalue weighted by Gasteiger charge is -2.62. The van der Waals surface area contributed by atoms with Gasteiger partial charge < -0.3 is 14.9 Å². The van der Waals surface area contributed by atoms with Gasteiger partial charge in [0.15, 0.2) is 0 Å². The van der Waals surface area contributed by atoms with Crippen molar-refractivity contribution < 1.29 is 24.5 Å². The molecule has 5 heteroatoms. The minimum Gasteiger partial charge on any atom is -0.481 e. The molecule has 0 aromatic carbocycles. The predicted octanol–water partition coefficient (Wildman–Crippen LogP) is 7.33. The molecule has 5 nitrogen and oxygen atoms in total. The van der Waals surface area contributed by atoms with E-state index in [0.717, 1.165) is 44.1 Å². The molecular formula is C33H52O5. The molecule has 0 radical (unpaired) electrons. The number of esters is 1. The summed E-state index contributed by atoms with van der Waals surface area (Å²) < 4.78 is 5.82. The number of carboxylic acids is 1. The van der Waals surface area contributed by atoms with Crippen molar-refractivity contribution in [2.24, 2.45) is 45.3 Å². The van der Waals surface area contributed by atoms with Gasteiger partial charge in [-0.2, -0.15) is 0 Å². The van der Waals surface area contributed by atoms with Crippen LogP contribution in [0.5, 0.6) is 0 Å². The molecule has 2 N–H and O–H groups in total. The monoisotopic (exact) mass is 528 g/mol. The maximum atomic E-state index is 12.6. The van der Waals surface area contributed by atoms with E-state index in [9.17, 15) is 19.8 Å². The van der Waals surface area contributed by atoms with Crippen LogP contribution in [-0.2, 0) is 14.3 Å². The highest BCUT2D eigenvalue weighted by atomic mass is 16.5. The van der Waals surface area contributed by atoms with Gasteiger partial charge in [-0.1, -0.05) is 71.8 Å². The Kier molecular flexibility index (Phi) is 7.56. The van der Waals surface area contributed by atoms with Crippen LogP contribution in [0, 0.1) is 45.3 Å². The molecule has 0 bridgehead atoms. The van der Waals surface area contributed by atoms with Gasteiger partial charge in [0.05, 0.1) is 12.0 Å². The van der Waals surface area contributed by atoms with Gasteiger partial charge in [0.1, 0.15) is 6.10 Å². The number of aliphatic carboxylic acids is 1. The summed E-state index contributed by atoms with van der Waals surface area (Å²) in [5.74, 6) is -1.05. The smallest absolute Gasteiger partial charge is 0.306 e. The third-order valence-electron chi connectivity index (χ3n) is 12.4. The second kappa shape index (κ2) is 9.78. The highest BCUT2D eigenvalue weighted by molar-refractivity contribution is 5.71. The summed E-state index contributed by atoms with van der Waals surface area (Å²) in [6, 6.07) is 0. The van der Waals surface area contributed by atoms with E-state index in [1.165, 1.54) is 12.5 Å². The van der Waals surface area contributed by atoms with Crippen molar-refractivity contribution in [2.75, 3.05) is 0 Å². The summed E-state index contributed by atoms with van der Waals surface area (Å²) >= 11 is 0. The van der Waals surface area contributed by atoms with Crippen molar-refractivity contribution in [1.29, 1.82) is 0 Å². The minimum atomic E-state index is -0.780. The molecule has 0 amide bonds. The number of carbonyl (C=O) groups excluding carboxylic acids is 1. The summed E-state index contributed by atoms with van der Waals surface area (Å²) in [5, 5.41) is 22.0. The number of aliphatic hydroxyl groups is 1. The first kappa shape index (κ1) is 29.4. The molecular weight excluding hydrogens is 476 g/mol. The van der Waals surface area contributed by atoms with Crippen molar-refractivity contribution in [3.8, 4) is 0 Å². The topological polar surface area (TPSA) is 83.8 Å². The number of carbonyl (C=O) groups is 2. The Balaban J connectivity index is 1.69. The van der Waals surface area contributed by atoms with E-state index in [-0.39, 0.29) is 39.7 Å². The summed E-state index contributed by atoms with van der Waals surface area (Å²) in [7, 11) is 0. The van der Waals surface area contributed by atoms with Gasteiger partial charge >= 0.3 is 11.9 Å². The fourth-order valence-electron chi connectivity index (χ4n) is 9.98. The molecule has 214 valence electrons. The Morgan fingerprint density at radius 1 is 1.05 bits per heavy atom. The van der Waals surface area contributed by atoms with Crippen LogP contribution in [0.15, 0.2) is 23.3 Å². The molecule has 0 unspecified atom stereocenters. The number of ether oxygens (including phenoxy) is 1. The lowest BCUT2D eigenvalue weighted by Crippen LogP contribution is -2.56. The van der Waals surface area contributed by atoms with Crippen LogP contribution in [0.1, 0.15) is 113 Å². The average Bonchev–Trinajstić information content (AvgIpc) is 3.01. The fraction of sp³-hybridized carbons (Fsp3) is 0.818. The van der Waals surface area contributed by atoms with Gasteiger partial charge in [-0.3, -0.25) is 9.59 Å². The number of allylic oxidation sites excluding steroid dienone is 3. The zero-order valence-electron chi connectivity index (χ0n) is 25.2. The molecule has 4 aliphatic rings. The normalized spacial score (nSPS) is 40.7. The van der Waals surface area contributed by atoms with Gasteiger partial charge in [-0.25, -0.2) is 0 Å². The van der Waals surface area contributed by atoms with E-state index in [0.29, 0.717) is 31.1 Å². The third kappa shape index (κ3) is 4.30. The zero-order valence-corrected chi connectivity index (χ0v) is 25.2. The van der Waals surface area contributed by atoms with E-state index in [1.807, 2.05) is 0 Å². The number of fused-ring (bicyclic) bond motifs is 4. The molecule has 0 aromatic heterocycles. The van der Waals surface area contributed by atoms with Crippen molar-refractivity contribution in [3.05, 3.63) is 23.3 Å². The SMILES string of the molecule is C=C(CC[C@H](C(=O)O)[C@@H]1[C@H](O)C[C@@]2(C)C3=C(CC[C@]12C)[C@@]1(C)CC[C@H](OC(C)=O)C(C)(C)[C@@H]1CC3)C(C)C. The number of carboxylic acid groups (broad SMARTS) is 1. The van der Waals surface area contributed by atoms with E-state index in [2.05, 4.69) is 55.0 Å². The minimum absolute atomic E-state index is 0.0440. The average molecular weight is 529 g/mol. The van der Waals surface area contributed by atoms with Gasteiger partial charge in [0.2, 0.25) is 0 Å². The first-order valence-electron chi connectivity index (χ1n) is 15.0. The maximum absolute atomic E-state index is 12.6. The lowest BCUT2D eigenvalue weighted by molar-refractivity contribution is -0.167. The summed E-state index contributed by atoms with van der Waals surface area (Å²) in [6.45, 7) is 21.5. The quantitative estimate of drug-likeness (QED) is 0.267. The lowest BCUT2D eigenvalue weighted by atomic mass is 9.43. The van der Waals surface area contributed by atoms with Crippen molar-refractivity contribution in [2.45, 2.75) is 125 Å². The van der Waals surface area contributed by atoms with Crippen LogP contribution in [0.2, 0.25) is 0 Å². The first-order chi connectivity index (χ1) is 17.5. The second-order valence-corrected chi connectivity index (χ2v) is 14.8. The van der Waals surface area contributed by atoms with Crippen LogP contribution < -0.4 is 0 Å². The van der Waals surface area contributed by atoms with Crippen LogP contribution in [-0.4, -0.2) is 34.4 Å². The molecule has 8 atom stereocenters. The van der Waals surface area contributed by atoms with E-state index in [1.54, 1.807) is 5.57 Å². The van der Waals surface area contributed by atoms with Gasteiger partial charge in [-0.05, 0) is 85.9 Å². The number of hydrogen-bond acceptors (Lipinski definition) is 4. The number of aliphatic hydroxyl groups excluding tert-OH is 1. The molecule has 0 spiro atoms. The number of rotatable bonds is 7. The molecule has 0 heterocycles. The highest BCUT2D eigenvalue weighted by Crippen LogP contribution is 2.72. The van der Waals surface area contributed by atoms with E-state index < -0.39 is 18.0 Å². The summed E-state index contributed by atoms with van der Waals surface area (Å²) in [6.07, 6.45) is 6.98. The third-order valence-corrected chi connectivity index (χ3v) is 12.4. The molecule has 0 saturated heterocycles. The standard InChI is InChI=1S/C33H52O5/c1-19(2)20(3)10-11-22(29(36)37)28-25(35)18-33(9)24-12-13-26-30(5,6)27(38-21(4)34)15-16-31(26,7)23(24)14-17-32(28,33)8/h19,22,25-28,35H,3,10-18H2,1-2,4-9H3,(H,36,37)/t22-,25+,26-,27-,28+,31+,32+,33-/m0/s1. The van der Waals surface area contributed by atoms with Gasteiger partial charge in [-0.15, -0.1) is 0 Å². The van der Waals surface area contributed by atoms with Crippen LogP contribution >= 0.6 is 0 Å². The molecule has 2 saturated carbocycles. The Hall–Kier alpha value is -1.62. The fourth-order valence-corrected chi connectivity index (χ4v) is 9.98. The number of hydrogen-bond donors (Lipinski definition) is 2. The van der Waals surface area contributed by atoms with Crippen LogP contribution in [0.4, 0.5) is 0 Å². The molecule has 0 aromatic rings. The molecule has 2 fully saturated rings. The Morgan fingerprint density at radius 2 is 1.71 bits per heavy atom. The predicted molar refractivity (Wildman–Crippen MR) is 150 cm³/mol. The Bertz CT molecular complexity index is 1020. The summed E-state index contributed by atoms with van der Waals surface area (Å²) in [4.78, 5) is 24.5.